The van der Waals surface area contributed by atoms with Gasteiger partial charge in [0.1, 0.15) is 0 Å². The summed E-state index contributed by atoms with van der Waals surface area (Å²) in [7, 11) is 0. The third kappa shape index (κ3) is 2.86. The Hall–Kier alpha value is -0.830. The van der Waals surface area contributed by atoms with Crippen LogP contribution in [-0.2, 0) is 0 Å². The van der Waals surface area contributed by atoms with Crippen molar-refractivity contribution in [2.45, 2.75) is 41.5 Å². The molecule has 100 valence electrons. The van der Waals surface area contributed by atoms with Gasteiger partial charge in [0.05, 0.1) is 0 Å². The van der Waals surface area contributed by atoms with Crippen LogP contribution < -0.4 is 21.2 Å². The molecule has 1 heteroatoms. The number of rotatable bonds is 2. The van der Waals surface area contributed by atoms with Gasteiger partial charge in [-0.25, -0.2) is 0 Å². The average molecular weight is 365 g/mol. The summed E-state index contributed by atoms with van der Waals surface area (Å²) >= 11 is -0.0738. The quantitative estimate of drug-likeness (QED) is 0.711. The Morgan fingerprint density at radius 1 is 0.526 bits per heavy atom. The SMILES string of the molecule is Cc1ccc([I+]c2ccc(C)c(C)c2C)c(C)c1C. The van der Waals surface area contributed by atoms with Gasteiger partial charge in [0, 0.05) is 11.1 Å². The number of benzene rings is 2. The maximum atomic E-state index is 2.33. The molecule has 0 amide bonds. The molecule has 0 heterocycles. The number of halogens is 1. The summed E-state index contributed by atoms with van der Waals surface area (Å²) in [5.74, 6) is 0. The van der Waals surface area contributed by atoms with Crippen LogP contribution in [0, 0.1) is 48.7 Å². The second-order valence-corrected chi connectivity index (χ2v) is 8.19. The first-order chi connectivity index (χ1) is 8.91. The predicted octanol–water partition coefficient (Wildman–Crippen LogP) is 1.67. The second-order valence-electron chi connectivity index (χ2n) is 5.32. The molecule has 19 heavy (non-hydrogen) atoms. The molecule has 0 aliphatic rings. The monoisotopic (exact) mass is 365 g/mol. The molecule has 0 atom stereocenters. The van der Waals surface area contributed by atoms with E-state index in [0.717, 1.165) is 0 Å². The highest BCUT2D eigenvalue weighted by atomic mass is 127. The molecule has 0 aromatic heterocycles. The van der Waals surface area contributed by atoms with Crippen LogP contribution in [-0.4, -0.2) is 0 Å². The molecule has 0 aliphatic heterocycles. The van der Waals surface area contributed by atoms with Crippen molar-refractivity contribution in [3.63, 3.8) is 0 Å². The van der Waals surface area contributed by atoms with Crippen molar-refractivity contribution in [1.29, 1.82) is 0 Å². The summed E-state index contributed by atoms with van der Waals surface area (Å²) in [5.41, 5.74) is 8.71. The minimum atomic E-state index is -0.0738. The molecular formula is C18H22I+. The van der Waals surface area contributed by atoms with Gasteiger partial charge >= 0.3 is 21.2 Å². The first-order valence-corrected chi connectivity index (χ1v) is 8.86. The molecule has 0 saturated carbocycles. The summed E-state index contributed by atoms with van der Waals surface area (Å²) in [6.45, 7) is 13.4. The van der Waals surface area contributed by atoms with Crippen molar-refractivity contribution in [2.24, 2.45) is 0 Å². The zero-order valence-corrected chi connectivity index (χ0v) is 14.8. The molecule has 2 aromatic rings. The molecule has 0 bridgehead atoms. The van der Waals surface area contributed by atoms with E-state index in [0.29, 0.717) is 0 Å². The van der Waals surface area contributed by atoms with E-state index in [1.165, 1.54) is 33.4 Å². The van der Waals surface area contributed by atoms with E-state index in [9.17, 15) is 0 Å². The Bertz CT molecular complexity index is 569. The Labute approximate surface area is 127 Å². The number of aryl methyl sites for hydroxylation is 2. The van der Waals surface area contributed by atoms with Crippen molar-refractivity contribution < 1.29 is 21.2 Å². The van der Waals surface area contributed by atoms with Gasteiger partial charge < -0.3 is 0 Å². The Morgan fingerprint density at radius 3 is 1.26 bits per heavy atom. The van der Waals surface area contributed by atoms with Gasteiger partial charge in [0.25, 0.3) is 0 Å². The summed E-state index contributed by atoms with van der Waals surface area (Å²) in [4.78, 5) is 0. The van der Waals surface area contributed by atoms with Crippen molar-refractivity contribution in [3.05, 3.63) is 64.8 Å². The predicted molar refractivity (Wildman–Crippen MR) is 78.7 cm³/mol. The third-order valence-corrected chi connectivity index (χ3v) is 7.69. The molecule has 0 saturated heterocycles. The standard InChI is InChI=1S/C18H22I/c1-11-7-9-17(15(5)13(11)3)19-18-10-8-12(2)14(4)16(18)6/h7-10H,1-6H3/q+1. The number of hydrogen-bond donors (Lipinski definition) is 0. The molecule has 0 spiro atoms. The van der Waals surface area contributed by atoms with E-state index in [4.69, 9.17) is 0 Å². The molecule has 2 rings (SSSR count). The Balaban J connectivity index is 2.43. The highest BCUT2D eigenvalue weighted by Gasteiger charge is 2.22. The lowest BCUT2D eigenvalue weighted by atomic mass is 10.1. The normalized spacial score (nSPS) is 10.8. The van der Waals surface area contributed by atoms with Crippen molar-refractivity contribution in [2.75, 3.05) is 0 Å². The third-order valence-electron chi connectivity index (χ3n) is 4.19. The summed E-state index contributed by atoms with van der Waals surface area (Å²) in [5, 5.41) is 0. The molecule has 0 N–H and O–H groups in total. The maximum absolute atomic E-state index is 2.33. The fourth-order valence-corrected chi connectivity index (χ4v) is 5.12. The lowest BCUT2D eigenvalue weighted by molar-refractivity contribution is -0.598. The van der Waals surface area contributed by atoms with Crippen LogP contribution in [0.2, 0.25) is 0 Å². The van der Waals surface area contributed by atoms with Crippen LogP contribution in [0.15, 0.2) is 24.3 Å². The Kier molecular flexibility index (Phi) is 4.34. The van der Waals surface area contributed by atoms with Crippen LogP contribution in [0.3, 0.4) is 0 Å². The first-order valence-electron chi connectivity index (χ1n) is 6.70. The molecule has 0 fully saturated rings. The highest BCUT2D eigenvalue weighted by molar-refractivity contribution is 5.33. The van der Waals surface area contributed by atoms with E-state index in [1.54, 1.807) is 7.14 Å². The van der Waals surface area contributed by atoms with Gasteiger partial charge in [-0.05, 0) is 75.9 Å². The topological polar surface area (TPSA) is 0 Å². The second kappa shape index (κ2) is 5.66. The van der Waals surface area contributed by atoms with Crippen LogP contribution >= 0.6 is 0 Å². The molecule has 0 nitrogen and oxygen atoms in total. The first kappa shape index (κ1) is 14.6. The van der Waals surface area contributed by atoms with Gasteiger partial charge in [-0.2, -0.15) is 0 Å². The van der Waals surface area contributed by atoms with Crippen molar-refractivity contribution >= 4 is 0 Å². The minimum Gasteiger partial charge on any atom is -0.0545 e. The molecule has 0 unspecified atom stereocenters. The zero-order valence-electron chi connectivity index (χ0n) is 12.7. The lowest BCUT2D eigenvalue weighted by Gasteiger charge is -2.06. The van der Waals surface area contributed by atoms with Crippen LogP contribution in [0.4, 0.5) is 0 Å². The fourth-order valence-electron chi connectivity index (χ4n) is 2.16. The van der Waals surface area contributed by atoms with E-state index in [2.05, 4.69) is 65.8 Å². The van der Waals surface area contributed by atoms with Crippen LogP contribution in [0.25, 0.3) is 0 Å². The van der Waals surface area contributed by atoms with Gasteiger partial charge in [0.15, 0.2) is 7.14 Å². The summed E-state index contributed by atoms with van der Waals surface area (Å²) in [6.07, 6.45) is 0. The van der Waals surface area contributed by atoms with Gasteiger partial charge in [-0.1, -0.05) is 12.1 Å². The van der Waals surface area contributed by atoms with Crippen LogP contribution in [0.5, 0.6) is 0 Å². The molecule has 0 aliphatic carbocycles. The number of hydrogen-bond acceptors (Lipinski definition) is 0. The zero-order chi connectivity index (χ0) is 14.2. The summed E-state index contributed by atoms with van der Waals surface area (Å²) in [6, 6.07) is 9.21. The molecular weight excluding hydrogens is 343 g/mol. The molecule has 0 radical (unpaired) electrons. The largest absolute Gasteiger partial charge is 0.358 e. The van der Waals surface area contributed by atoms with Gasteiger partial charge in [-0.15, -0.1) is 0 Å². The van der Waals surface area contributed by atoms with E-state index in [-0.39, 0.29) is 21.2 Å². The smallest absolute Gasteiger partial charge is 0.0545 e. The maximum Gasteiger partial charge on any atom is 0.358 e. The fraction of sp³-hybridized carbons (Fsp3) is 0.333. The van der Waals surface area contributed by atoms with E-state index >= 15 is 0 Å². The molecule has 2 aromatic carbocycles. The van der Waals surface area contributed by atoms with E-state index in [1.807, 2.05) is 0 Å². The van der Waals surface area contributed by atoms with Crippen LogP contribution in [0.1, 0.15) is 33.4 Å². The lowest BCUT2D eigenvalue weighted by Crippen LogP contribution is -3.62. The van der Waals surface area contributed by atoms with Crippen molar-refractivity contribution in [1.82, 2.24) is 0 Å². The van der Waals surface area contributed by atoms with Crippen molar-refractivity contribution in [3.8, 4) is 0 Å². The van der Waals surface area contributed by atoms with Gasteiger partial charge in [-0.3, -0.25) is 0 Å². The highest BCUT2D eigenvalue weighted by Crippen LogP contribution is 2.13. The van der Waals surface area contributed by atoms with Gasteiger partial charge in [0.2, 0.25) is 0 Å². The minimum absolute atomic E-state index is 0.0738. The summed E-state index contributed by atoms with van der Waals surface area (Å²) < 4.78 is 3.13. The average Bonchev–Trinajstić information content (AvgIpc) is 2.39. The Morgan fingerprint density at radius 2 is 0.895 bits per heavy atom. The van der Waals surface area contributed by atoms with E-state index < -0.39 is 0 Å².